The summed E-state index contributed by atoms with van der Waals surface area (Å²) in [6.07, 6.45) is 5.05. The third-order valence-electron chi connectivity index (χ3n) is 6.00. The van der Waals surface area contributed by atoms with E-state index in [9.17, 15) is 9.59 Å². The molecule has 6 rings (SSSR count). The van der Waals surface area contributed by atoms with Gasteiger partial charge in [-0.15, -0.1) is 0 Å². The largest absolute Gasteiger partial charge is 1.00 e. The van der Waals surface area contributed by atoms with Crippen LogP contribution in [0.4, 0.5) is 4.79 Å². The fourth-order valence-electron chi connectivity index (χ4n) is 4.06. The standard InChI is InChI=1S/C16H15N3O2.C10H10N2O2.C6H6BrN.CH2O3.2Cs/c1-2-21-16(20)15-13-7-3-4-8-14(13)19(18-15)11-12-6-5-9-17-10-12;1-2-14-10(13)9-7-5-3-4-6-8(7)11-12-9;7-4-6-2-1-3-8-5-6;2-1(3)4;;/h3-10H,2,11H2,1H3;3-6H,2H2,1H3,(H,11,12);1-3,5H,4H2;(H2,2,3,4);;/q;;;;2*+1/p-1. The number of ether oxygens (including phenoxy) is 2. The van der Waals surface area contributed by atoms with Crippen LogP contribution < -0.4 is 143 Å². The van der Waals surface area contributed by atoms with Crippen molar-refractivity contribution in [2.45, 2.75) is 25.7 Å². The van der Waals surface area contributed by atoms with E-state index in [2.05, 4.69) is 41.2 Å². The summed E-state index contributed by atoms with van der Waals surface area (Å²) >= 11 is 3.32. The Hall–Kier alpha value is -1.53. The predicted molar refractivity (Wildman–Crippen MR) is 176 cm³/mol. The van der Waals surface area contributed by atoms with Crippen molar-refractivity contribution in [3.8, 4) is 0 Å². The number of aromatic amines is 1. The minimum absolute atomic E-state index is 0. The van der Waals surface area contributed by atoms with Gasteiger partial charge in [-0.3, -0.25) is 19.7 Å². The van der Waals surface area contributed by atoms with Gasteiger partial charge >= 0.3 is 150 Å². The number of esters is 2. The number of pyridine rings is 2. The van der Waals surface area contributed by atoms with Crippen molar-refractivity contribution >= 4 is 55.8 Å². The number of nitrogens with zero attached hydrogens (tertiary/aromatic N) is 5. The molecule has 0 atom stereocenters. The number of fused-ring (bicyclic) bond motifs is 2. The van der Waals surface area contributed by atoms with Gasteiger partial charge in [0.1, 0.15) is 0 Å². The number of carbonyl (C=O) groups is 3. The molecule has 2 aromatic carbocycles. The van der Waals surface area contributed by atoms with Gasteiger partial charge in [0.2, 0.25) is 6.16 Å². The molecular weight excluding hydrogens is 938 g/mol. The number of hydrogen-bond donors (Lipinski definition) is 2. The van der Waals surface area contributed by atoms with E-state index in [-0.39, 0.29) is 144 Å². The second-order valence-corrected chi connectivity index (χ2v) is 9.76. The van der Waals surface area contributed by atoms with Crippen LogP contribution in [0.1, 0.15) is 46.0 Å². The Morgan fingerprint density at radius 1 is 0.796 bits per heavy atom. The summed E-state index contributed by atoms with van der Waals surface area (Å²) in [5, 5.41) is 28.9. The van der Waals surface area contributed by atoms with E-state index >= 15 is 0 Å². The maximum Gasteiger partial charge on any atom is 1.00 e. The predicted octanol–water partition coefficient (Wildman–Crippen LogP) is -0.732. The first-order valence-corrected chi connectivity index (χ1v) is 15.4. The number of benzene rings is 2. The molecule has 0 unspecified atom stereocenters. The number of para-hydroxylation sites is 2. The topological polar surface area (TPSA) is 185 Å². The molecule has 16 heteroatoms. The van der Waals surface area contributed by atoms with Crippen molar-refractivity contribution in [1.29, 1.82) is 0 Å². The number of carboxylic acid groups (broad SMARTS) is 2. The smallest absolute Gasteiger partial charge is 0.565 e. The van der Waals surface area contributed by atoms with Crippen molar-refractivity contribution < 1.29 is 172 Å². The minimum Gasteiger partial charge on any atom is -0.565 e. The van der Waals surface area contributed by atoms with Crippen LogP contribution in [0.2, 0.25) is 0 Å². The Bertz CT molecular complexity index is 1870. The third-order valence-corrected chi connectivity index (χ3v) is 6.65. The summed E-state index contributed by atoms with van der Waals surface area (Å²) in [5.74, 6) is -0.774. The van der Waals surface area contributed by atoms with E-state index in [4.69, 9.17) is 24.5 Å². The van der Waals surface area contributed by atoms with Crippen LogP contribution >= 0.6 is 15.9 Å². The quantitative estimate of drug-likeness (QED) is 0.152. The van der Waals surface area contributed by atoms with E-state index in [0.717, 1.165) is 32.7 Å². The molecule has 49 heavy (non-hydrogen) atoms. The molecule has 2 N–H and O–H groups in total. The molecule has 4 aromatic heterocycles. The summed E-state index contributed by atoms with van der Waals surface area (Å²) in [5.41, 5.74) is 4.70. The molecule has 0 bridgehead atoms. The number of aromatic nitrogens is 6. The van der Waals surface area contributed by atoms with Gasteiger partial charge < -0.3 is 24.5 Å². The molecule has 0 fully saturated rings. The Kier molecular flexibility index (Phi) is 23.6. The van der Waals surface area contributed by atoms with Gasteiger partial charge in [-0.1, -0.05) is 64.5 Å². The van der Waals surface area contributed by atoms with Gasteiger partial charge in [0, 0.05) is 40.9 Å². The van der Waals surface area contributed by atoms with Crippen LogP contribution in [0.5, 0.6) is 0 Å². The van der Waals surface area contributed by atoms with Crippen LogP contribution in [-0.4, -0.2) is 66.4 Å². The molecule has 0 spiro atoms. The van der Waals surface area contributed by atoms with Gasteiger partial charge in [0.05, 0.1) is 30.8 Å². The van der Waals surface area contributed by atoms with Gasteiger partial charge in [0.15, 0.2) is 11.4 Å². The first kappa shape index (κ1) is 45.5. The van der Waals surface area contributed by atoms with Gasteiger partial charge in [-0.05, 0) is 49.2 Å². The van der Waals surface area contributed by atoms with Gasteiger partial charge in [0.25, 0.3) is 0 Å². The molecule has 0 radical (unpaired) electrons. The normalized spacial score (nSPS) is 9.53. The number of rotatable bonds is 7. The van der Waals surface area contributed by atoms with Crippen LogP contribution in [0.15, 0.2) is 97.6 Å². The number of hydrogen-bond acceptors (Lipinski definition) is 10. The minimum atomic E-state index is -2.08. The molecule has 0 aliphatic rings. The first-order chi connectivity index (χ1) is 22.8. The molecule has 244 valence electrons. The van der Waals surface area contributed by atoms with Crippen molar-refractivity contribution in [1.82, 2.24) is 29.9 Å². The van der Waals surface area contributed by atoms with Crippen molar-refractivity contribution in [3.05, 3.63) is 120 Å². The van der Waals surface area contributed by atoms with Crippen LogP contribution in [0.25, 0.3) is 21.8 Å². The summed E-state index contributed by atoms with van der Waals surface area (Å²) in [4.78, 5) is 39.9. The Morgan fingerprint density at radius 3 is 1.86 bits per heavy atom. The van der Waals surface area contributed by atoms with Crippen molar-refractivity contribution in [2.75, 3.05) is 13.2 Å². The Labute approximate surface area is 408 Å². The fraction of sp³-hybridized carbons (Fsp3) is 0.182. The van der Waals surface area contributed by atoms with Gasteiger partial charge in [-0.2, -0.15) is 10.2 Å². The zero-order valence-corrected chi connectivity index (χ0v) is 41.7. The van der Waals surface area contributed by atoms with Crippen molar-refractivity contribution in [2.24, 2.45) is 0 Å². The second kappa shape index (κ2) is 25.4. The monoisotopic (exact) mass is 969 g/mol. The van der Waals surface area contributed by atoms with E-state index < -0.39 is 12.1 Å². The zero-order chi connectivity index (χ0) is 34.0. The fourth-order valence-corrected chi connectivity index (χ4v) is 4.39. The number of nitrogens with one attached hydrogen (secondary N) is 1. The van der Waals surface area contributed by atoms with E-state index in [0.29, 0.717) is 31.1 Å². The maximum atomic E-state index is 12.0. The van der Waals surface area contributed by atoms with Gasteiger partial charge in [-0.25, -0.2) is 9.59 Å². The molecular formula is C33H32BrCs2N6O7+. The van der Waals surface area contributed by atoms with Crippen LogP contribution in [0.3, 0.4) is 0 Å². The van der Waals surface area contributed by atoms with Crippen molar-refractivity contribution in [3.63, 3.8) is 0 Å². The molecule has 13 nitrogen and oxygen atoms in total. The number of H-pyrrole nitrogens is 1. The third kappa shape index (κ3) is 15.3. The number of alkyl halides is 1. The summed E-state index contributed by atoms with van der Waals surface area (Å²) < 4.78 is 11.7. The zero-order valence-electron chi connectivity index (χ0n) is 27.6. The van der Waals surface area contributed by atoms with E-state index in [1.165, 1.54) is 5.56 Å². The average Bonchev–Trinajstić information content (AvgIpc) is 3.68. The summed E-state index contributed by atoms with van der Waals surface area (Å²) in [6, 6.07) is 22.9. The Morgan fingerprint density at radius 2 is 1.33 bits per heavy atom. The number of carbonyl (C=O) groups excluding carboxylic acids is 2. The molecule has 0 saturated heterocycles. The second-order valence-electron chi connectivity index (χ2n) is 9.20. The Balaban J connectivity index is 0.000000370. The summed E-state index contributed by atoms with van der Waals surface area (Å²) in [6.45, 7) is 4.82. The average molecular weight is 970 g/mol. The molecule has 4 heterocycles. The van der Waals surface area contributed by atoms with E-state index in [1.807, 2.05) is 79.0 Å². The summed E-state index contributed by atoms with van der Waals surface area (Å²) in [7, 11) is 0. The molecule has 6 aromatic rings. The SMILES string of the molecule is BrCc1cccnc1.CCOC(=O)c1n[nH]c2ccccc12.CCOC(=O)c1nn(Cc2cccnc2)c2ccccc12.O=C([O-])O.[Cs+].[Cs+]. The molecule has 0 aliphatic carbocycles. The van der Waals surface area contributed by atoms with E-state index in [1.54, 1.807) is 37.1 Å². The first-order valence-electron chi connectivity index (χ1n) is 14.3. The van der Waals surface area contributed by atoms with Crippen LogP contribution in [0, 0.1) is 0 Å². The van der Waals surface area contributed by atoms with Crippen LogP contribution in [-0.2, 0) is 21.3 Å². The molecule has 0 amide bonds. The molecule has 0 saturated carbocycles. The maximum absolute atomic E-state index is 12.0. The number of halogens is 1. The molecule has 0 aliphatic heterocycles.